The summed E-state index contributed by atoms with van der Waals surface area (Å²) >= 11 is 0. The standard InChI is InChI=1S/C22H24F2N2O4/c23-19-5-1-17(2-6-19)21(27)29-15-13-25-9-11-26(12-10-25)14-16-30-22(28)18-3-7-20(24)8-4-18/h1-8H,9-16H2/p+2. The molecule has 0 spiro atoms. The first kappa shape index (κ1) is 21.9. The maximum atomic E-state index is 12.9. The molecule has 2 aromatic rings. The van der Waals surface area contributed by atoms with Gasteiger partial charge in [0.1, 0.15) is 64.1 Å². The molecule has 1 saturated heterocycles. The first-order valence-electron chi connectivity index (χ1n) is 10.0. The average molecular weight is 420 g/mol. The summed E-state index contributed by atoms with van der Waals surface area (Å²) in [6.45, 7) is 5.83. The SMILES string of the molecule is O=C(OCC[NH+]1CC[NH+](CCOC(=O)c2ccc(F)cc2)CC1)c1ccc(F)cc1. The minimum absolute atomic E-state index is 0.316. The van der Waals surface area contributed by atoms with Gasteiger partial charge in [0.15, 0.2) is 0 Å². The van der Waals surface area contributed by atoms with Crippen LogP contribution in [0.25, 0.3) is 0 Å². The van der Waals surface area contributed by atoms with E-state index < -0.39 is 11.9 Å². The molecule has 160 valence electrons. The van der Waals surface area contributed by atoms with Gasteiger partial charge in [-0.15, -0.1) is 0 Å². The van der Waals surface area contributed by atoms with Crippen LogP contribution in [-0.4, -0.2) is 64.4 Å². The van der Waals surface area contributed by atoms with E-state index in [4.69, 9.17) is 9.47 Å². The fourth-order valence-electron chi connectivity index (χ4n) is 3.37. The number of hydrogen-bond acceptors (Lipinski definition) is 4. The molecule has 1 aliphatic heterocycles. The molecule has 0 aliphatic carbocycles. The fraction of sp³-hybridized carbons (Fsp3) is 0.364. The van der Waals surface area contributed by atoms with Crippen LogP contribution in [0.15, 0.2) is 48.5 Å². The molecule has 0 aromatic heterocycles. The zero-order chi connectivity index (χ0) is 21.3. The largest absolute Gasteiger partial charge is 0.456 e. The molecule has 8 heteroatoms. The lowest BCUT2D eigenvalue weighted by Crippen LogP contribution is -3.28. The van der Waals surface area contributed by atoms with E-state index in [-0.39, 0.29) is 11.6 Å². The molecule has 0 atom stereocenters. The van der Waals surface area contributed by atoms with Crippen LogP contribution in [-0.2, 0) is 9.47 Å². The van der Waals surface area contributed by atoms with Crippen molar-refractivity contribution >= 4 is 11.9 Å². The lowest BCUT2D eigenvalue weighted by Gasteiger charge is -2.29. The molecule has 0 unspecified atom stereocenters. The van der Waals surface area contributed by atoms with E-state index in [1.54, 1.807) is 0 Å². The van der Waals surface area contributed by atoms with Crippen molar-refractivity contribution < 1.29 is 37.6 Å². The fourth-order valence-corrected chi connectivity index (χ4v) is 3.37. The number of halogens is 2. The van der Waals surface area contributed by atoms with Crippen molar-refractivity contribution in [2.75, 3.05) is 52.5 Å². The van der Waals surface area contributed by atoms with Gasteiger partial charge in [-0.1, -0.05) is 0 Å². The summed E-state index contributed by atoms with van der Waals surface area (Å²) in [5.41, 5.74) is 0.687. The van der Waals surface area contributed by atoms with Crippen molar-refractivity contribution in [2.24, 2.45) is 0 Å². The third-order valence-electron chi connectivity index (χ3n) is 5.20. The molecule has 2 N–H and O–H groups in total. The highest BCUT2D eigenvalue weighted by Crippen LogP contribution is 2.05. The molecule has 1 aliphatic rings. The highest BCUT2D eigenvalue weighted by atomic mass is 19.1. The van der Waals surface area contributed by atoms with Crippen LogP contribution < -0.4 is 9.80 Å². The molecule has 0 saturated carbocycles. The number of ether oxygens (including phenoxy) is 2. The van der Waals surface area contributed by atoms with Crippen LogP contribution in [0.2, 0.25) is 0 Å². The van der Waals surface area contributed by atoms with Gasteiger partial charge >= 0.3 is 11.9 Å². The minimum Gasteiger partial charge on any atom is -0.456 e. The van der Waals surface area contributed by atoms with E-state index in [0.717, 1.165) is 39.3 Å². The Bertz CT molecular complexity index is 764. The van der Waals surface area contributed by atoms with Crippen LogP contribution >= 0.6 is 0 Å². The lowest BCUT2D eigenvalue weighted by atomic mass is 10.2. The first-order valence-corrected chi connectivity index (χ1v) is 10.0. The van der Waals surface area contributed by atoms with E-state index in [9.17, 15) is 18.4 Å². The summed E-state index contributed by atoms with van der Waals surface area (Å²) in [5.74, 6) is -1.66. The molecule has 0 amide bonds. The summed E-state index contributed by atoms with van der Waals surface area (Å²) in [4.78, 5) is 26.6. The number of nitrogens with one attached hydrogen (secondary N) is 2. The molecule has 1 heterocycles. The molecule has 6 nitrogen and oxygen atoms in total. The molecule has 3 rings (SSSR count). The molecule has 1 fully saturated rings. The van der Waals surface area contributed by atoms with Gasteiger partial charge in [-0.25, -0.2) is 18.4 Å². The normalized spacial score (nSPS) is 18.6. The van der Waals surface area contributed by atoms with Gasteiger partial charge in [0, 0.05) is 0 Å². The van der Waals surface area contributed by atoms with E-state index in [0.29, 0.717) is 24.3 Å². The highest BCUT2D eigenvalue weighted by molar-refractivity contribution is 5.89. The smallest absolute Gasteiger partial charge is 0.338 e. The monoisotopic (exact) mass is 420 g/mol. The van der Waals surface area contributed by atoms with Gasteiger partial charge in [-0.3, -0.25) is 0 Å². The Morgan fingerprint density at radius 2 is 1.00 bits per heavy atom. The molecular formula is C22H26F2N2O4+2. The van der Waals surface area contributed by atoms with Crippen molar-refractivity contribution in [1.82, 2.24) is 0 Å². The van der Waals surface area contributed by atoms with E-state index >= 15 is 0 Å². The third-order valence-corrected chi connectivity index (χ3v) is 5.20. The summed E-state index contributed by atoms with van der Waals surface area (Å²) < 4.78 is 36.3. The highest BCUT2D eigenvalue weighted by Gasteiger charge is 2.23. The number of esters is 2. The zero-order valence-electron chi connectivity index (χ0n) is 16.7. The topological polar surface area (TPSA) is 61.5 Å². The van der Waals surface area contributed by atoms with Crippen LogP contribution in [0.3, 0.4) is 0 Å². The zero-order valence-corrected chi connectivity index (χ0v) is 16.7. The summed E-state index contributed by atoms with van der Waals surface area (Å²) in [7, 11) is 0. The third kappa shape index (κ3) is 6.60. The molecule has 30 heavy (non-hydrogen) atoms. The van der Waals surface area contributed by atoms with Crippen molar-refractivity contribution in [2.45, 2.75) is 0 Å². The second-order valence-corrected chi connectivity index (χ2v) is 7.29. The van der Waals surface area contributed by atoms with Crippen LogP contribution in [0.4, 0.5) is 8.78 Å². The maximum absolute atomic E-state index is 12.9. The van der Waals surface area contributed by atoms with E-state index in [2.05, 4.69) is 0 Å². The van der Waals surface area contributed by atoms with Crippen molar-refractivity contribution in [1.29, 1.82) is 0 Å². The second-order valence-electron chi connectivity index (χ2n) is 7.29. The predicted molar refractivity (Wildman–Crippen MR) is 104 cm³/mol. The Hall–Kier alpha value is -2.84. The van der Waals surface area contributed by atoms with Gasteiger partial charge in [0.05, 0.1) is 11.1 Å². The average Bonchev–Trinajstić information content (AvgIpc) is 2.75. The van der Waals surface area contributed by atoms with Gasteiger partial charge in [0.25, 0.3) is 0 Å². The summed E-state index contributed by atoms with van der Waals surface area (Å²) in [6, 6.07) is 10.6. The minimum atomic E-state index is -0.443. The first-order chi connectivity index (χ1) is 14.5. The van der Waals surface area contributed by atoms with Crippen molar-refractivity contribution in [3.8, 4) is 0 Å². The van der Waals surface area contributed by atoms with Crippen molar-refractivity contribution in [3.63, 3.8) is 0 Å². The number of piperazine rings is 1. The van der Waals surface area contributed by atoms with E-state index in [1.165, 1.54) is 58.3 Å². The Morgan fingerprint density at radius 3 is 1.33 bits per heavy atom. The summed E-state index contributed by atoms with van der Waals surface area (Å²) in [6.07, 6.45) is 0. The number of carbonyl (C=O) groups excluding carboxylic acids is 2. The van der Waals surface area contributed by atoms with E-state index in [1.807, 2.05) is 0 Å². The Labute approximate surface area is 174 Å². The van der Waals surface area contributed by atoms with Gasteiger partial charge in [-0.2, -0.15) is 0 Å². The number of carbonyl (C=O) groups is 2. The maximum Gasteiger partial charge on any atom is 0.338 e. The predicted octanol–water partition coefficient (Wildman–Crippen LogP) is -0.238. The molecular weight excluding hydrogens is 394 g/mol. The van der Waals surface area contributed by atoms with Crippen molar-refractivity contribution in [3.05, 3.63) is 71.3 Å². The Morgan fingerprint density at radius 1 is 0.667 bits per heavy atom. The number of hydrogen-bond donors (Lipinski definition) is 2. The second kappa shape index (κ2) is 10.8. The van der Waals surface area contributed by atoms with Gasteiger partial charge < -0.3 is 19.3 Å². The number of quaternary nitrogens is 2. The van der Waals surface area contributed by atoms with Crippen LogP contribution in [0.5, 0.6) is 0 Å². The summed E-state index contributed by atoms with van der Waals surface area (Å²) in [5, 5.41) is 0. The number of benzene rings is 2. The number of rotatable bonds is 8. The quantitative estimate of drug-likeness (QED) is 0.579. The van der Waals surface area contributed by atoms with Crippen LogP contribution in [0.1, 0.15) is 20.7 Å². The lowest BCUT2D eigenvalue weighted by molar-refractivity contribution is -1.01. The molecule has 2 aromatic carbocycles. The van der Waals surface area contributed by atoms with Gasteiger partial charge in [-0.05, 0) is 48.5 Å². The van der Waals surface area contributed by atoms with Crippen LogP contribution in [0, 0.1) is 11.6 Å². The Kier molecular flexibility index (Phi) is 7.87. The molecule has 0 radical (unpaired) electrons. The molecule has 0 bridgehead atoms. The Balaban J connectivity index is 1.28. The van der Waals surface area contributed by atoms with Gasteiger partial charge in [0.2, 0.25) is 0 Å².